The first-order chi connectivity index (χ1) is 5.33. The summed E-state index contributed by atoms with van der Waals surface area (Å²) in [5, 5.41) is 10.8. The van der Waals surface area contributed by atoms with Gasteiger partial charge in [0.05, 0.1) is 0 Å². The lowest BCUT2D eigenvalue weighted by Crippen LogP contribution is -1.50. The van der Waals surface area contributed by atoms with Crippen LogP contribution in [0, 0.1) is 10.8 Å². The summed E-state index contributed by atoms with van der Waals surface area (Å²) in [7, 11) is 0. The lowest BCUT2D eigenvalue weighted by molar-refractivity contribution is 0.562. The number of isocyanates is 2. The Morgan fingerprint density at radius 3 is 1.36 bits per heavy atom. The van der Waals surface area contributed by atoms with Crippen molar-refractivity contribution in [2.75, 3.05) is 0 Å². The molecule has 0 unspecified atom stereocenters. The quantitative estimate of drug-likeness (QED) is 0.315. The Morgan fingerprint density at radius 2 is 1.27 bits per heavy atom. The van der Waals surface area contributed by atoms with Crippen LogP contribution in [-0.2, 0) is 9.59 Å². The van der Waals surface area contributed by atoms with Gasteiger partial charge in [-0.25, -0.2) is 20.4 Å². The number of hydrogen-bond acceptors (Lipinski definition) is 4. The maximum absolute atomic E-state index is 8.35. The fourth-order valence-corrected chi connectivity index (χ4v) is 0.589. The van der Waals surface area contributed by atoms with Gasteiger partial charge in [-0.1, -0.05) is 12.2 Å². The van der Waals surface area contributed by atoms with Gasteiger partial charge in [-0.3, -0.25) is 0 Å². The highest BCUT2D eigenvalue weighted by Gasteiger charge is 1.84. The van der Waals surface area contributed by atoms with Crippen molar-refractivity contribution in [3.63, 3.8) is 0 Å². The van der Waals surface area contributed by atoms with Crippen LogP contribution >= 0.6 is 0 Å². The van der Waals surface area contributed by atoms with E-state index in [9.17, 15) is 0 Å². The van der Waals surface area contributed by atoms with E-state index in [0.29, 0.717) is 0 Å². The first-order valence-electron chi connectivity index (χ1n) is 3.06. The molecule has 0 aromatic rings. The fraction of sp³-hybridized carbons (Fsp3) is 0.429. The van der Waals surface area contributed by atoms with Crippen LogP contribution in [0.1, 0.15) is 19.3 Å². The Bertz CT molecular complexity index is 145. The van der Waals surface area contributed by atoms with Gasteiger partial charge in [-0.2, -0.15) is 0 Å². The smallest absolute Gasteiger partial charge is 0.222 e. The van der Waals surface area contributed by atoms with Crippen LogP contribution in [0.15, 0.2) is 12.2 Å². The summed E-state index contributed by atoms with van der Waals surface area (Å²) >= 11 is 0. The first-order valence-corrected chi connectivity index (χ1v) is 3.06. The van der Waals surface area contributed by atoms with Gasteiger partial charge in [0.15, 0.2) is 0 Å². The molecule has 0 spiro atoms. The van der Waals surface area contributed by atoms with Gasteiger partial charge >= 0.3 is 0 Å². The average molecular weight is 154 g/mol. The minimum Gasteiger partial charge on any atom is -0.222 e. The Hall–Kier alpha value is -1.50. The van der Waals surface area contributed by atoms with Crippen LogP contribution in [0.25, 0.3) is 0 Å². The largest absolute Gasteiger partial charge is 0.231 e. The molecule has 4 heteroatoms. The molecule has 0 fully saturated rings. The molecule has 1 aliphatic carbocycles. The van der Waals surface area contributed by atoms with Crippen molar-refractivity contribution in [3.8, 4) is 0 Å². The molecule has 0 saturated carbocycles. The van der Waals surface area contributed by atoms with Crippen molar-refractivity contribution in [1.29, 1.82) is 10.8 Å². The van der Waals surface area contributed by atoms with Gasteiger partial charge in [-0.05, 0) is 19.3 Å². The summed E-state index contributed by atoms with van der Waals surface area (Å²) in [5.41, 5.74) is 0. The molecule has 0 heterocycles. The fourth-order valence-electron chi connectivity index (χ4n) is 0.589. The highest BCUT2D eigenvalue weighted by molar-refractivity contribution is 5.26. The van der Waals surface area contributed by atoms with Crippen LogP contribution in [0.4, 0.5) is 0 Å². The summed E-state index contributed by atoms with van der Waals surface area (Å²) in [5.74, 6) is 0. The number of carbonyl (C=O) groups excluding carboxylic acids is 2. The predicted octanol–water partition coefficient (Wildman–Crippen LogP) is 1.53. The summed E-state index contributed by atoms with van der Waals surface area (Å²) in [4.78, 5) is 16.7. The van der Waals surface area contributed by atoms with Crippen LogP contribution in [-0.4, -0.2) is 12.2 Å². The molecule has 1 aliphatic rings. The third kappa shape index (κ3) is 29.3. The van der Waals surface area contributed by atoms with E-state index in [1.54, 1.807) is 0 Å². The van der Waals surface area contributed by atoms with Gasteiger partial charge in [0.2, 0.25) is 12.2 Å². The van der Waals surface area contributed by atoms with Crippen molar-refractivity contribution < 1.29 is 9.59 Å². The van der Waals surface area contributed by atoms with Crippen LogP contribution in [0.3, 0.4) is 0 Å². The number of rotatable bonds is 0. The Kier molecular flexibility index (Phi) is 17.5. The lowest BCUT2D eigenvalue weighted by Gasteiger charge is -1.69. The van der Waals surface area contributed by atoms with Crippen LogP contribution < -0.4 is 0 Å². The average Bonchev–Trinajstić information content (AvgIpc) is 2.44. The third-order valence-electron chi connectivity index (χ3n) is 0.908. The maximum atomic E-state index is 8.35. The van der Waals surface area contributed by atoms with Crippen molar-refractivity contribution in [2.45, 2.75) is 19.3 Å². The highest BCUT2D eigenvalue weighted by atomic mass is 16.1. The van der Waals surface area contributed by atoms with Gasteiger partial charge in [0.25, 0.3) is 0 Å². The van der Waals surface area contributed by atoms with Gasteiger partial charge in [0.1, 0.15) is 0 Å². The van der Waals surface area contributed by atoms with E-state index in [1.807, 2.05) is 0 Å². The van der Waals surface area contributed by atoms with E-state index in [-0.39, 0.29) is 0 Å². The number of allylic oxidation sites excluding steroid dienone is 2. The molecule has 0 saturated heterocycles. The number of hydrogen-bond donors (Lipinski definition) is 2. The van der Waals surface area contributed by atoms with E-state index in [1.165, 1.54) is 19.3 Å². The van der Waals surface area contributed by atoms with E-state index in [4.69, 9.17) is 20.4 Å². The van der Waals surface area contributed by atoms with Crippen molar-refractivity contribution >= 4 is 12.2 Å². The molecule has 0 aliphatic heterocycles. The topological polar surface area (TPSA) is 81.8 Å². The Labute approximate surface area is 64.9 Å². The molecular weight excluding hydrogens is 144 g/mol. The van der Waals surface area contributed by atoms with Gasteiger partial charge < -0.3 is 0 Å². The Morgan fingerprint density at radius 1 is 1.00 bits per heavy atom. The number of nitrogens with one attached hydrogen (secondary N) is 2. The zero-order valence-electron chi connectivity index (χ0n) is 6.09. The first kappa shape index (κ1) is 12.2. The SMILES string of the molecule is C1=CCCC1.N=C=O.N=C=O. The van der Waals surface area contributed by atoms with E-state index in [0.717, 1.165) is 12.2 Å². The lowest BCUT2D eigenvalue weighted by atomic mass is 10.4. The molecule has 0 bridgehead atoms. The van der Waals surface area contributed by atoms with Gasteiger partial charge in [-0.15, -0.1) is 0 Å². The van der Waals surface area contributed by atoms with Crippen molar-refractivity contribution in [1.82, 2.24) is 0 Å². The van der Waals surface area contributed by atoms with Crippen molar-refractivity contribution in [3.05, 3.63) is 12.2 Å². The molecule has 0 aromatic heterocycles. The van der Waals surface area contributed by atoms with Crippen LogP contribution in [0.5, 0.6) is 0 Å². The minimum absolute atomic E-state index is 0.750. The molecule has 0 aromatic carbocycles. The molecule has 4 nitrogen and oxygen atoms in total. The monoisotopic (exact) mass is 154 g/mol. The normalized spacial score (nSPS) is 10.9. The maximum Gasteiger partial charge on any atom is 0.231 e. The standard InChI is InChI=1S/C5H8.2CHNO/c1-2-4-5-3-1;2*2-1-3/h1-2H,3-5H2;2*2H. The molecular formula is C7H10N2O2. The summed E-state index contributed by atoms with van der Waals surface area (Å²) in [6.45, 7) is 0. The van der Waals surface area contributed by atoms with E-state index in [2.05, 4.69) is 12.2 Å². The van der Waals surface area contributed by atoms with E-state index < -0.39 is 0 Å². The molecule has 0 radical (unpaired) electrons. The zero-order chi connectivity index (χ0) is 8.95. The third-order valence-corrected chi connectivity index (χ3v) is 0.908. The minimum atomic E-state index is 0.750. The molecule has 0 amide bonds. The molecule has 0 atom stereocenters. The van der Waals surface area contributed by atoms with Crippen molar-refractivity contribution in [2.24, 2.45) is 0 Å². The molecule has 2 N–H and O–H groups in total. The molecule has 11 heavy (non-hydrogen) atoms. The van der Waals surface area contributed by atoms with Crippen LogP contribution in [0.2, 0.25) is 0 Å². The summed E-state index contributed by atoms with van der Waals surface area (Å²) in [6, 6.07) is 0. The predicted molar refractivity (Wildman–Crippen MR) is 39.8 cm³/mol. The second-order valence-corrected chi connectivity index (χ2v) is 1.61. The Balaban J connectivity index is 0. The second-order valence-electron chi connectivity index (χ2n) is 1.61. The second kappa shape index (κ2) is 15.8. The van der Waals surface area contributed by atoms with E-state index >= 15 is 0 Å². The summed E-state index contributed by atoms with van der Waals surface area (Å²) < 4.78 is 0. The molecule has 1 rings (SSSR count). The highest BCUT2D eigenvalue weighted by Crippen LogP contribution is 2.05. The molecule has 60 valence electrons. The van der Waals surface area contributed by atoms with Gasteiger partial charge in [0, 0.05) is 0 Å². The zero-order valence-corrected chi connectivity index (χ0v) is 6.09. The summed E-state index contributed by atoms with van der Waals surface area (Å²) in [6.07, 6.45) is 10.0.